The highest BCUT2D eigenvalue weighted by atomic mass is 16.5. The second kappa shape index (κ2) is 7.92. The van der Waals surface area contributed by atoms with Crippen molar-refractivity contribution < 1.29 is 14.3 Å². The van der Waals surface area contributed by atoms with Crippen molar-refractivity contribution in [2.24, 2.45) is 0 Å². The largest absolute Gasteiger partial charge is 0.495 e. The van der Waals surface area contributed by atoms with Crippen molar-refractivity contribution in [1.82, 2.24) is 19.6 Å². The van der Waals surface area contributed by atoms with Crippen molar-refractivity contribution in [3.05, 3.63) is 41.7 Å². The molecule has 2 aliphatic heterocycles. The lowest BCUT2D eigenvalue weighted by Gasteiger charge is -2.34. The maximum absolute atomic E-state index is 12.8. The van der Waals surface area contributed by atoms with E-state index in [1.54, 1.807) is 29.0 Å². The lowest BCUT2D eigenvalue weighted by molar-refractivity contribution is 0.0665. The average molecular weight is 383 g/mol. The van der Waals surface area contributed by atoms with Gasteiger partial charge in [0.2, 0.25) is 0 Å². The molecule has 3 amide bonds. The van der Waals surface area contributed by atoms with Crippen LogP contribution in [0.5, 0.6) is 5.75 Å². The lowest BCUT2D eigenvalue weighted by Crippen LogP contribution is -2.51. The van der Waals surface area contributed by atoms with Crippen LogP contribution in [0.25, 0.3) is 0 Å². The topological polar surface area (TPSA) is 79.7 Å². The number of methoxy groups -OCH3 is 1. The van der Waals surface area contributed by atoms with Gasteiger partial charge in [-0.1, -0.05) is 12.1 Å². The van der Waals surface area contributed by atoms with Crippen molar-refractivity contribution in [2.75, 3.05) is 38.6 Å². The number of fused-ring (bicyclic) bond motifs is 1. The zero-order chi connectivity index (χ0) is 19.5. The highest BCUT2D eigenvalue weighted by molar-refractivity contribution is 5.93. The van der Waals surface area contributed by atoms with Crippen molar-refractivity contribution in [3.63, 3.8) is 0 Å². The van der Waals surface area contributed by atoms with Gasteiger partial charge in [-0.15, -0.1) is 0 Å². The normalized spacial score (nSPS) is 16.5. The molecule has 1 N–H and O–H groups in total. The van der Waals surface area contributed by atoms with Crippen molar-refractivity contribution in [1.29, 1.82) is 0 Å². The summed E-state index contributed by atoms with van der Waals surface area (Å²) in [5.74, 6) is 0.570. The number of aromatic nitrogens is 2. The molecule has 2 aromatic rings. The number of hydrogen-bond acceptors (Lipinski definition) is 4. The van der Waals surface area contributed by atoms with Crippen LogP contribution in [0.15, 0.2) is 30.3 Å². The molecule has 1 fully saturated rings. The van der Waals surface area contributed by atoms with Gasteiger partial charge in [0.05, 0.1) is 12.8 Å². The number of benzene rings is 1. The van der Waals surface area contributed by atoms with Gasteiger partial charge in [0.15, 0.2) is 5.69 Å². The van der Waals surface area contributed by atoms with Gasteiger partial charge in [0.1, 0.15) is 5.75 Å². The Balaban J connectivity index is 1.34. The first-order valence-electron chi connectivity index (χ1n) is 9.70. The van der Waals surface area contributed by atoms with Crippen LogP contribution in [0.1, 0.15) is 29.0 Å². The van der Waals surface area contributed by atoms with Gasteiger partial charge in [-0.2, -0.15) is 5.10 Å². The monoisotopic (exact) mass is 383 g/mol. The number of urea groups is 1. The molecule has 28 heavy (non-hydrogen) atoms. The van der Waals surface area contributed by atoms with E-state index < -0.39 is 0 Å². The molecule has 8 nitrogen and oxygen atoms in total. The Morgan fingerprint density at radius 3 is 2.54 bits per heavy atom. The molecule has 4 rings (SSSR count). The second-order valence-electron chi connectivity index (χ2n) is 7.11. The van der Waals surface area contributed by atoms with E-state index in [0.29, 0.717) is 43.3 Å². The van der Waals surface area contributed by atoms with Crippen LogP contribution in [0, 0.1) is 0 Å². The second-order valence-corrected chi connectivity index (χ2v) is 7.11. The molecule has 1 aromatic heterocycles. The van der Waals surface area contributed by atoms with Gasteiger partial charge in [-0.3, -0.25) is 9.48 Å². The van der Waals surface area contributed by atoms with Crippen LogP contribution in [-0.2, 0) is 13.0 Å². The van der Waals surface area contributed by atoms with Gasteiger partial charge in [0, 0.05) is 38.4 Å². The van der Waals surface area contributed by atoms with Crippen molar-refractivity contribution in [2.45, 2.75) is 25.8 Å². The van der Waals surface area contributed by atoms with Crippen LogP contribution in [0.4, 0.5) is 10.5 Å². The van der Waals surface area contributed by atoms with Crippen molar-refractivity contribution >= 4 is 17.6 Å². The molecule has 3 heterocycles. The number of ether oxygens (including phenoxy) is 1. The quantitative estimate of drug-likeness (QED) is 0.881. The van der Waals surface area contributed by atoms with Gasteiger partial charge in [0.25, 0.3) is 5.91 Å². The van der Waals surface area contributed by atoms with E-state index in [2.05, 4.69) is 10.4 Å². The number of para-hydroxylation sites is 2. The number of nitrogens with one attached hydrogen (secondary N) is 1. The molecule has 1 aromatic carbocycles. The Bertz CT molecular complexity index is 847. The summed E-state index contributed by atoms with van der Waals surface area (Å²) in [7, 11) is 1.57. The number of hydrogen-bond donors (Lipinski definition) is 1. The predicted molar refractivity (Wildman–Crippen MR) is 105 cm³/mol. The Kier molecular flexibility index (Phi) is 5.18. The van der Waals surface area contributed by atoms with Gasteiger partial charge in [-0.05, 0) is 37.5 Å². The minimum atomic E-state index is -0.186. The summed E-state index contributed by atoms with van der Waals surface area (Å²) in [5.41, 5.74) is 2.30. The van der Waals surface area contributed by atoms with E-state index in [4.69, 9.17) is 4.74 Å². The Hall–Kier alpha value is -3.03. The predicted octanol–water partition coefficient (Wildman–Crippen LogP) is 2.22. The third-order valence-electron chi connectivity index (χ3n) is 5.34. The molecule has 0 radical (unpaired) electrons. The molecule has 1 saturated heterocycles. The summed E-state index contributed by atoms with van der Waals surface area (Å²) in [6.45, 7) is 2.86. The molecular formula is C20H25N5O3. The standard InChI is InChI=1S/C20H25N5O3/c1-28-18-8-3-2-7-16(18)21-20(27)24-12-10-23(11-13-24)19(26)17-14-15-6-4-5-9-25(15)22-17/h2-3,7-8,14H,4-6,9-13H2,1H3,(H,21,27). The van der Waals surface area contributed by atoms with E-state index >= 15 is 0 Å². The molecule has 0 unspecified atom stereocenters. The Labute approximate surface area is 164 Å². The summed E-state index contributed by atoms with van der Waals surface area (Å²) < 4.78 is 7.22. The third-order valence-corrected chi connectivity index (χ3v) is 5.34. The first-order valence-corrected chi connectivity index (χ1v) is 9.70. The molecule has 0 spiro atoms. The number of amides is 3. The van der Waals surface area contributed by atoms with Crippen LogP contribution < -0.4 is 10.1 Å². The fourth-order valence-corrected chi connectivity index (χ4v) is 3.74. The highest BCUT2D eigenvalue weighted by Crippen LogP contribution is 2.23. The molecule has 8 heteroatoms. The maximum Gasteiger partial charge on any atom is 0.322 e. The maximum atomic E-state index is 12.8. The van der Waals surface area contributed by atoms with Gasteiger partial charge in [-0.25, -0.2) is 4.79 Å². The van der Waals surface area contributed by atoms with Crippen LogP contribution in [0.3, 0.4) is 0 Å². The number of carbonyl (C=O) groups is 2. The van der Waals surface area contributed by atoms with E-state index in [9.17, 15) is 9.59 Å². The van der Waals surface area contributed by atoms with Crippen LogP contribution in [-0.4, -0.2) is 64.8 Å². The molecule has 0 atom stereocenters. The molecule has 148 valence electrons. The zero-order valence-corrected chi connectivity index (χ0v) is 16.1. The van der Waals surface area contributed by atoms with Crippen LogP contribution >= 0.6 is 0 Å². The number of rotatable bonds is 3. The molecule has 2 aliphatic rings. The van der Waals surface area contributed by atoms with Gasteiger partial charge >= 0.3 is 6.03 Å². The first kappa shape index (κ1) is 18.3. The summed E-state index contributed by atoms with van der Waals surface area (Å²) in [6, 6.07) is 9.04. The minimum Gasteiger partial charge on any atom is -0.495 e. The Morgan fingerprint density at radius 2 is 1.79 bits per heavy atom. The number of anilines is 1. The van der Waals surface area contributed by atoms with E-state index in [0.717, 1.165) is 31.5 Å². The van der Waals surface area contributed by atoms with E-state index in [1.165, 1.54) is 0 Å². The highest BCUT2D eigenvalue weighted by Gasteiger charge is 2.27. The summed E-state index contributed by atoms with van der Waals surface area (Å²) in [5, 5.41) is 7.36. The molecule has 0 saturated carbocycles. The lowest BCUT2D eigenvalue weighted by atomic mass is 10.1. The summed E-state index contributed by atoms with van der Waals surface area (Å²) in [6.07, 6.45) is 3.25. The van der Waals surface area contributed by atoms with Crippen LogP contribution in [0.2, 0.25) is 0 Å². The number of aryl methyl sites for hydroxylation is 2. The molecule has 0 bridgehead atoms. The first-order chi connectivity index (χ1) is 13.7. The average Bonchev–Trinajstić information content (AvgIpc) is 3.18. The fraction of sp³-hybridized carbons (Fsp3) is 0.450. The number of nitrogens with zero attached hydrogens (tertiary/aromatic N) is 4. The number of carbonyl (C=O) groups excluding carboxylic acids is 2. The zero-order valence-electron chi connectivity index (χ0n) is 16.1. The molecule has 0 aliphatic carbocycles. The summed E-state index contributed by atoms with van der Waals surface area (Å²) in [4.78, 5) is 28.8. The third kappa shape index (κ3) is 3.67. The smallest absolute Gasteiger partial charge is 0.322 e. The van der Waals surface area contributed by atoms with Gasteiger partial charge < -0.3 is 19.9 Å². The summed E-state index contributed by atoms with van der Waals surface area (Å²) >= 11 is 0. The Morgan fingerprint density at radius 1 is 1.04 bits per heavy atom. The SMILES string of the molecule is COc1ccccc1NC(=O)N1CCN(C(=O)c2cc3n(n2)CCCC3)CC1. The molecular weight excluding hydrogens is 358 g/mol. The minimum absolute atomic E-state index is 0.0494. The van der Waals surface area contributed by atoms with E-state index in [1.807, 2.05) is 22.9 Å². The number of piperazine rings is 1. The van der Waals surface area contributed by atoms with E-state index in [-0.39, 0.29) is 11.9 Å². The van der Waals surface area contributed by atoms with Crippen molar-refractivity contribution in [3.8, 4) is 5.75 Å². The fourth-order valence-electron chi connectivity index (χ4n) is 3.74.